The van der Waals surface area contributed by atoms with Crippen molar-refractivity contribution in [2.75, 3.05) is 0 Å². The predicted octanol–water partition coefficient (Wildman–Crippen LogP) is -0.0811. The molecule has 1 heterocycles. The number of hydrogen-bond acceptors (Lipinski definition) is 4. The summed E-state index contributed by atoms with van der Waals surface area (Å²) in [6, 6.07) is 0. The first-order valence-electron chi connectivity index (χ1n) is 2.13. The molecule has 1 rings (SSSR count). The molecule has 0 aliphatic carbocycles. The van der Waals surface area contributed by atoms with E-state index in [1.165, 1.54) is 0 Å². The normalized spacial score (nSPS) is 8.91. The molecule has 0 atom stereocenters. The van der Waals surface area contributed by atoms with E-state index in [9.17, 15) is 0 Å². The lowest BCUT2D eigenvalue weighted by atomic mass is 11.0. The zero-order valence-electron chi connectivity index (χ0n) is 5.51. The van der Waals surface area contributed by atoms with Gasteiger partial charge in [-0.3, -0.25) is 9.11 Å². The van der Waals surface area contributed by atoms with Crippen LogP contribution < -0.4 is 6.15 Å². The lowest BCUT2D eigenvalue weighted by Crippen LogP contribution is -1.89. The second-order valence-corrected chi connectivity index (χ2v) is 2.10. The Hall–Kier alpha value is -0.960. The average Bonchev–Trinajstić information content (AvgIpc) is 2.07. The minimum absolute atomic E-state index is 0. The van der Waals surface area contributed by atoms with Crippen molar-refractivity contribution in [2.24, 2.45) is 0 Å². The Bertz CT molecular complexity index is 216. The van der Waals surface area contributed by atoms with Crippen molar-refractivity contribution in [3.8, 4) is 0 Å². The van der Waals surface area contributed by atoms with Crippen LogP contribution in [-0.4, -0.2) is 27.5 Å². The highest BCUT2D eigenvalue weighted by molar-refractivity contribution is 7.79. The van der Waals surface area contributed by atoms with Crippen LogP contribution in [-0.2, 0) is 10.4 Å². The van der Waals surface area contributed by atoms with Crippen LogP contribution in [0.25, 0.3) is 0 Å². The molecule has 7 nitrogen and oxygen atoms in total. The summed E-state index contributed by atoms with van der Waals surface area (Å²) in [5.41, 5.74) is 0. The molecule has 0 saturated heterocycles. The summed E-state index contributed by atoms with van der Waals surface area (Å²) in [4.78, 5) is 6.42. The van der Waals surface area contributed by atoms with E-state index >= 15 is 0 Å². The zero-order chi connectivity index (χ0) is 8.04. The molecule has 0 aliphatic heterocycles. The van der Waals surface area contributed by atoms with Crippen LogP contribution in [0.2, 0.25) is 0 Å². The fourth-order valence-electron chi connectivity index (χ4n) is 0.215. The number of rotatable bonds is 0. The largest absolute Gasteiger partial charge is 0.394 e. The minimum atomic E-state index is -4.67. The summed E-state index contributed by atoms with van der Waals surface area (Å²) in [7, 11) is -4.67. The van der Waals surface area contributed by atoms with Crippen LogP contribution in [0.1, 0.15) is 0 Å². The van der Waals surface area contributed by atoms with E-state index in [4.69, 9.17) is 17.5 Å². The molecule has 6 N–H and O–H groups in total. The fourth-order valence-corrected chi connectivity index (χ4v) is 0.215. The van der Waals surface area contributed by atoms with Gasteiger partial charge in [0.2, 0.25) is 0 Å². The minimum Gasteiger partial charge on any atom is -0.351 e. The molecule has 11 heavy (non-hydrogen) atoms. The van der Waals surface area contributed by atoms with E-state index in [0.717, 1.165) is 0 Å². The number of H-pyrrole nitrogens is 1. The van der Waals surface area contributed by atoms with Gasteiger partial charge in [0.15, 0.2) is 0 Å². The lowest BCUT2D eigenvalue weighted by Gasteiger charge is -1.68. The maximum atomic E-state index is 8.74. The van der Waals surface area contributed by atoms with Crippen LogP contribution in [0.4, 0.5) is 0 Å². The molecule has 0 saturated carbocycles. The first-order valence-corrected chi connectivity index (χ1v) is 3.52. The van der Waals surface area contributed by atoms with E-state index in [0.29, 0.717) is 0 Å². The Kier molecular flexibility index (Phi) is 6.69. The van der Waals surface area contributed by atoms with Gasteiger partial charge in [0.05, 0.1) is 6.33 Å². The summed E-state index contributed by atoms with van der Waals surface area (Å²) in [5, 5.41) is 0. The molecular weight excluding hydrogens is 174 g/mol. The van der Waals surface area contributed by atoms with E-state index in [1.54, 1.807) is 18.7 Å². The Morgan fingerprint density at radius 1 is 1.36 bits per heavy atom. The second-order valence-electron chi connectivity index (χ2n) is 1.21. The van der Waals surface area contributed by atoms with Crippen molar-refractivity contribution >= 4 is 10.4 Å². The van der Waals surface area contributed by atoms with Gasteiger partial charge in [-0.15, -0.1) is 0 Å². The van der Waals surface area contributed by atoms with Gasteiger partial charge in [0.1, 0.15) is 0 Å². The van der Waals surface area contributed by atoms with Gasteiger partial charge in [-0.1, -0.05) is 0 Å². The third-order valence-corrected chi connectivity index (χ3v) is 0.406. The maximum Gasteiger partial charge on any atom is 0.394 e. The van der Waals surface area contributed by atoms with Crippen molar-refractivity contribution in [2.45, 2.75) is 0 Å². The molecule has 0 radical (unpaired) electrons. The molecule has 1 aromatic heterocycles. The standard InChI is InChI=1S/C3H4N2.H3N.H2O4S/c1-2-5-3-4-1;;1-5(2,3)4/h1-3H,(H,4,5);1H3;(H2,1,2,3,4). The molecule has 0 spiro atoms. The van der Waals surface area contributed by atoms with Crippen molar-refractivity contribution in [3.63, 3.8) is 0 Å². The smallest absolute Gasteiger partial charge is 0.351 e. The van der Waals surface area contributed by atoms with Crippen LogP contribution in [0, 0.1) is 0 Å². The number of aromatic nitrogens is 2. The molecule has 1 aromatic rings. The molecule has 8 heteroatoms. The van der Waals surface area contributed by atoms with Crippen LogP contribution in [0.3, 0.4) is 0 Å². The van der Waals surface area contributed by atoms with Crippen molar-refractivity contribution < 1.29 is 17.5 Å². The maximum absolute atomic E-state index is 8.74. The highest BCUT2D eigenvalue weighted by Gasteiger charge is 1.84. The van der Waals surface area contributed by atoms with Gasteiger partial charge < -0.3 is 11.1 Å². The predicted molar refractivity (Wildman–Crippen MR) is 37.8 cm³/mol. The fraction of sp³-hybridized carbons (Fsp3) is 0. The highest BCUT2D eigenvalue weighted by atomic mass is 32.3. The second kappa shape index (κ2) is 5.80. The van der Waals surface area contributed by atoms with Crippen LogP contribution >= 0.6 is 0 Å². The van der Waals surface area contributed by atoms with Gasteiger partial charge in [-0.25, -0.2) is 4.98 Å². The molecule has 0 aromatic carbocycles. The number of nitrogens with one attached hydrogen (secondary N) is 1. The molecule has 0 bridgehead atoms. The third kappa shape index (κ3) is 27.5. The van der Waals surface area contributed by atoms with Gasteiger partial charge in [-0.05, 0) is 0 Å². The van der Waals surface area contributed by atoms with Gasteiger partial charge >= 0.3 is 10.4 Å². The summed E-state index contributed by atoms with van der Waals surface area (Å²) in [6.45, 7) is 0. The van der Waals surface area contributed by atoms with Crippen molar-refractivity contribution in [3.05, 3.63) is 18.7 Å². The highest BCUT2D eigenvalue weighted by Crippen LogP contribution is 1.62. The molecule has 0 amide bonds. The van der Waals surface area contributed by atoms with Gasteiger partial charge in [-0.2, -0.15) is 8.42 Å². The molecule has 0 fully saturated rings. The first-order chi connectivity index (χ1) is 4.50. The number of imidazole rings is 1. The number of aromatic amines is 1. The molecule has 0 unspecified atom stereocenters. The molecular formula is C3H9N3O4S. The quantitative estimate of drug-likeness (QED) is 0.415. The lowest BCUT2D eigenvalue weighted by molar-refractivity contribution is 0.381. The van der Waals surface area contributed by atoms with Crippen LogP contribution in [0.15, 0.2) is 18.7 Å². The number of hydrogen-bond donors (Lipinski definition) is 4. The molecule has 0 aliphatic rings. The van der Waals surface area contributed by atoms with Gasteiger partial charge in [0.25, 0.3) is 0 Å². The zero-order valence-corrected chi connectivity index (χ0v) is 6.32. The molecule has 66 valence electrons. The number of nitrogens with zero attached hydrogens (tertiary/aromatic N) is 1. The summed E-state index contributed by atoms with van der Waals surface area (Å²) < 4.78 is 31.6. The van der Waals surface area contributed by atoms with E-state index in [-0.39, 0.29) is 6.15 Å². The SMILES string of the molecule is N.O=S(=O)(O)O.c1c[nH]cn1. The van der Waals surface area contributed by atoms with E-state index in [2.05, 4.69) is 9.97 Å². The van der Waals surface area contributed by atoms with Gasteiger partial charge in [0, 0.05) is 12.4 Å². The van der Waals surface area contributed by atoms with E-state index < -0.39 is 10.4 Å². The monoisotopic (exact) mass is 183 g/mol. The summed E-state index contributed by atoms with van der Waals surface area (Å²) >= 11 is 0. The third-order valence-electron chi connectivity index (χ3n) is 0.406. The van der Waals surface area contributed by atoms with Crippen LogP contribution in [0.5, 0.6) is 0 Å². The first kappa shape index (κ1) is 12.7. The summed E-state index contributed by atoms with van der Waals surface area (Å²) in [6.07, 6.45) is 5.08. The Labute approximate surface area is 63.6 Å². The van der Waals surface area contributed by atoms with E-state index in [1.807, 2.05) is 0 Å². The Morgan fingerprint density at radius 2 is 1.82 bits per heavy atom. The topological polar surface area (TPSA) is 138 Å². The van der Waals surface area contributed by atoms with Crippen molar-refractivity contribution in [1.82, 2.24) is 16.1 Å². The summed E-state index contributed by atoms with van der Waals surface area (Å²) in [5.74, 6) is 0. The Balaban J connectivity index is 0. The van der Waals surface area contributed by atoms with Crippen molar-refractivity contribution in [1.29, 1.82) is 0 Å². The Morgan fingerprint density at radius 3 is 1.91 bits per heavy atom. The average molecular weight is 183 g/mol.